The summed E-state index contributed by atoms with van der Waals surface area (Å²) in [6.07, 6.45) is 0. The molecule has 2 aromatic carbocycles. The monoisotopic (exact) mass is 476 g/mol. The molecular formula is C15H9IO8S. The highest BCUT2D eigenvalue weighted by Crippen LogP contribution is 2.31. The van der Waals surface area contributed by atoms with Crippen LogP contribution in [0.1, 0.15) is 31.1 Å². The van der Waals surface area contributed by atoms with Gasteiger partial charge in [0, 0.05) is 3.57 Å². The molecule has 0 atom stereocenters. The van der Waals surface area contributed by atoms with Crippen molar-refractivity contribution in [3.8, 4) is 0 Å². The van der Waals surface area contributed by atoms with E-state index in [9.17, 15) is 33.0 Å². The SMILES string of the molecule is O=C(O)c1ccc(S(=O)(=O)c2c(C(=O)O)ccc(I)c2C(=O)O)cc1. The maximum atomic E-state index is 12.8. The van der Waals surface area contributed by atoms with Crippen LogP contribution in [0.5, 0.6) is 0 Å². The van der Waals surface area contributed by atoms with Crippen molar-refractivity contribution in [1.29, 1.82) is 0 Å². The highest BCUT2D eigenvalue weighted by Gasteiger charge is 2.32. The van der Waals surface area contributed by atoms with Gasteiger partial charge in [0.15, 0.2) is 0 Å². The van der Waals surface area contributed by atoms with Gasteiger partial charge in [-0.1, -0.05) is 0 Å². The third-order valence-corrected chi connectivity index (χ3v) is 5.98. The van der Waals surface area contributed by atoms with Crippen LogP contribution in [0.2, 0.25) is 0 Å². The summed E-state index contributed by atoms with van der Waals surface area (Å²) >= 11 is 1.60. The molecule has 3 N–H and O–H groups in total. The number of hydrogen-bond donors (Lipinski definition) is 3. The number of carbonyl (C=O) groups is 3. The smallest absolute Gasteiger partial charge is 0.338 e. The first-order chi connectivity index (χ1) is 11.6. The average Bonchev–Trinajstić information content (AvgIpc) is 2.53. The van der Waals surface area contributed by atoms with Crippen LogP contribution in [0.3, 0.4) is 0 Å². The first kappa shape index (κ1) is 18.9. The molecule has 0 aliphatic rings. The zero-order valence-corrected chi connectivity index (χ0v) is 15.1. The maximum Gasteiger partial charge on any atom is 0.338 e. The van der Waals surface area contributed by atoms with Crippen LogP contribution in [0, 0.1) is 3.57 Å². The Morgan fingerprint density at radius 3 is 1.80 bits per heavy atom. The summed E-state index contributed by atoms with van der Waals surface area (Å²) in [4.78, 5) is 32.5. The first-order valence-corrected chi connectivity index (χ1v) is 9.01. The highest BCUT2D eigenvalue weighted by molar-refractivity contribution is 14.1. The normalized spacial score (nSPS) is 11.1. The van der Waals surface area contributed by atoms with E-state index in [4.69, 9.17) is 5.11 Å². The van der Waals surface area contributed by atoms with Gasteiger partial charge in [-0.15, -0.1) is 0 Å². The predicted molar refractivity (Wildman–Crippen MR) is 91.9 cm³/mol. The Morgan fingerprint density at radius 1 is 0.800 bits per heavy atom. The molecule has 0 fully saturated rings. The van der Waals surface area contributed by atoms with Gasteiger partial charge in [-0.3, -0.25) is 0 Å². The number of halogens is 1. The topological polar surface area (TPSA) is 146 Å². The molecule has 2 rings (SSSR count). The number of aromatic carboxylic acids is 3. The molecule has 0 spiro atoms. The van der Waals surface area contributed by atoms with Gasteiger partial charge in [0.05, 0.1) is 21.6 Å². The van der Waals surface area contributed by atoms with Crippen molar-refractivity contribution in [1.82, 2.24) is 0 Å². The highest BCUT2D eigenvalue weighted by atomic mass is 127. The molecule has 2 aromatic rings. The van der Waals surface area contributed by atoms with Crippen molar-refractivity contribution >= 4 is 50.3 Å². The van der Waals surface area contributed by atoms with Crippen molar-refractivity contribution in [2.45, 2.75) is 9.79 Å². The van der Waals surface area contributed by atoms with E-state index in [2.05, 4.69) is 0 Å². The van der Waals surface area contributed by atoms with E-state index < -0.39 is 48.7 Å². The van der Waals surface area contributed by atoms with Crippen molar-refractivity contribution in [3.05, 3.63) is 56.7 Å². The van der Waals surface area contributed by atoms with Crippen LogP contribution < -0.4 is 0 Å². The van der Waals surface area contributed by atoms with Crippen LogP contribution in [-0.4, -0.2) is 41.6 Å². The average molecular weight is 476 g/mol. The quantitative estimate of drug-likeness (QED) is 0.557. The van der Waals surface area contributed by atoms with Gasteiger partial charge < -0.3 is 15.3 Å². The molecule has 0 bridgehead atoms. The summed E-state index contributed by atoms with van der Waals surface area (Å²) in [6, 6.07) is 6.23. The summed E-state index contributed by atoms with van der Waals surface area (Å²) in [5.74, 6) is -4.46. The molecule has 0 aliphatic carbocycles. The van der Waals surface area contributed by atoms with E-state index in [1.54, 1.807) is 22.6 Å². The number of hydrogen-bond acceptors (Lipinski definition) is 5. The second-order valence-electron chi connectivity index (χ2n) is 4.74. The van der Waals surface area contributed by atoms with Gasteiger partial charge in [-0.25, -0.2) is 22.8 Å². The number of rotatable bonds is 5. The van der Waals surface area contributed by atoms with Crippen LogP contribution in [0.4, 0.5) is 0 Å². The molecular weight excluding hydrogens is 467 g/mol. The van der Waals surface area contributed by atoms with Gasteiger partial charge in [0.1, 0.15) is 4.90 Å². The van der Waals surface area contributed by atoms with Crippen LogP contribution in [0.25, 0.3) is 0 Å². The Hall–Kier alpha value is -2.47. The second kappa shape index (κ2) is 6.80. The lowest BCUT2D eigenvalue weighted by Gasteiger charge is -2.13. The number of carboxylic acid groups (broad SMARTS) is 3. The third-order valence-electron chi connectivity index (χ3n) is 3.23. The lowest BCUT2D eigenvalue weighted by Crippen LogP contribution is -2.17. The fraction of sp³-hybridized carbons (Fsp3) is 0. The minimum Gasteiger partial charge on any atom is -0.478 e. The minimum absolute atomic E-state index is 0.0517. The molecule has 0 radical (unpaired) electrons. The molecule has 130 valence electrons. The largest absolute Gasteiger partial charge is 0.478 e. The van der Waals surface area contributed by atoms with E-state index in [1.807, 2.05) is 0 Å². The van der Waals surface area contributed by atoms with Crippen LogP contribution >= 0.6 is 22.6 Å². The van der Waals surface area contributed by atoms with Crippen LogP contribution in [-0.2, 0) is 9.84 Å². The van der Waals surface area contributed by atoms with Crippen molar-refractivity contribution in [3.63, 3.8) is 0 Å². The summed E-state index contributed by atoms with van der Waals surface area (Å²) < 4.78 is 25.7. The molecule has 0 saturated carbocycles. The lowest BCUT2D eigenvalue weighted by atomic mass is 10.1. The molecule has 25 heavy (non-hydrogen) atoms. The third kappa shape index (κ3) is 3.49. The van der Waals surface area contributed by atoms with Gasteiger partial charge in [-0.2, -0.15) is 0 Å². The van der Waals surface area contributed by atoms with E-state index in [0.717, 1.165) is 30.3 Å². The molecule has 0 aromatic heterocycles. The first-order valence-electron chi connectivity index (χ1n) is 6.45. The number of carboxylic acids is 3. The summed E-state index contributed by atoms with van der Waals surface area (Å²) in [7, 11) is -4.51. The summed E-state index contributed by atoms with van der Waals surface area (Å²) in [5, 5.41) is 27.5. The molecule has 0 unspecified atom stereocenters. The molecule has 8 nitrogen and oxygen atoms in total. The van der Waals surface area contributed by atoms with E-state index in [0.29, 0.717) is 0 Å². The molecule has 0 amide bonds. The van der Waals surface area contributed by atoms with Crippen molar-refractivity contribution < 1.29 is 38.1 Å². The predicted octanol–water partition coefficient (Wildman–Crippen LogP) is 2.22. The molecule has 10 heteroatoms. The van der Waals surface area contributed by atoms with Crippen molar-refractivity contribution in [2.75, 3.05) is 0 Å². The Morgan fingerprint density at radius 2 is 1.36 bits per heavy atom. The fourth-order valence-electron chi connectivity index (χ4n) is 2.10. The summed E-state index contributed by atoms with van der Waals surface area (Å²) in [5.41, 5.74) is -1.50. The van der Waals surface area contributed by atoms with E-state index in [-0.39, 0.29) is 9.13 Å². The van der Waals surface area contributed by atoms with Gasteiger partial charge in [0.25, 0.3) is 0 Å². The summed E-state index contributed by atoms with van der Waals surface area (Å²) in [6.45, 7) is 0. The van der Waals surface area contributed by atoms with Crippen molar-refractivity contribution in [2.24, 2.45) is 0 Å². The lowest BCUT2D eigenvalue weighted by molar-refractivity contribution is 0.0677. The minimum atomic E-state index is -4.51. The molecule has 0 heterocycles. The Labute approximate surface area is 154 Å². The Kier molecular flexibility index (Phi) is 5.13. The number of sulfone groups is 1. The molecule has 0 saturated heterocycles. The van der Waals surface area contributed by atoms with Crippen LogP contribution in [0.15, 0.2) is 46.2 Å². The maximum absolute atomic E-state index is 12.8. The Bertz CT molecular complexity index is 993. The van der Waals surface area contributed by atoms with E-state index >= 15 is 0 Å². The van der Waals surface area contributed by atoms with Gasteiger partial charge >= 0.3 is 17.9 Å². The zero-order valence-electron chi connectivity index (χ0n) is 12.1. The second-order valence-corrected chi connectivity index (χ2v) is 7.79. The van der Waals surface area contributed by atoms with Gasteiger partial charge in [-0.05, 0) is 59.0 Å². The van der Waals surface area contributed by atoms with Gasteiger partial charge in [0.2, 0.25) is 9.84 Å². The molecule has 0 aliphatic heterocycles. The Balaban J connectivity index is 2.82. The number of benzene rings is 2. The zero-order chi connectivity index (χ0) is 18.9. The fourth-order valence-corrected chi connectivity index (χ4v) is 4.60. The van der Waals surface area contributed by atoms with E-state index in [1.165, 1.54) is 6.07 Å². The standard InChI is InChI=1S/C15H9IO8S/c16-10-6-5-9(14(19)20)12(11(10)15(21)22)25(23,24)8-3-1-7(2-4-8)13(17)18/h1-6H,(H,17,18)(H,19,20)(H,21,22).